The lowest BCUT2D eigenvalue weighted by Gasteiger charge is -2.36. The number of carbonyl (C=O) groups is 2. The molecule has 8 rings (SSSR count). The van der Waals surface area contributed by atoms with Crippen LogP contribution in [-0.2, 0) is 26.2 Å². The number of aromatic amines is 2. The minimum absolute atomic E-state index is 0.115. The van der Waals surface area contributed by atoms with Gasteiger partial charge in [0.05, 0.1) is 33.5 Å². The Kier molecular flexibility index (Phi) is 12.7. The number of benzene rings is 2. The molecule has 2 amide bonds. The number of aromatic nitrogens is 5. The summed E-state index contributed by atoms with van der Waals surface area (Å²) in [6, 6.07) is 15.4. The zero-order valence-corrected chi connectivity index (χ0v) is 36.3. The van der Waals surface area contributed by atoms with Crippen molar-refractivity contribution in [1.82, 2.24) is 44.5 Å². The molecule has 2 saturated heterocycles. The number of fused-ring (bicyclic) bond motifs is 2. The third-order valence-corrected chi connectivity index (χ3v) is 13.0. The number of hydrogen-bond donors (Lipinski definition) is 4. The van der Waals surface area contributed by atoms with Gasteiger partial charge in [-0.15, -0.1) is 11.3 Å². The summed E-state index contributed by atoms with van der Waals surface area (Å²) < 4.78 is 17.8. The average molecular weight is 880 g/mol. The van der Waals surface area contributed by atoms with Crippen molar-refractivity contribution in [1.29, 1.82) is 0 Å². The minimum Gasteiger partial charge on any atom is -0.368 e. The summed E-state index contributed by atoms with van der Waals surface area (Å²) in [6.45, 7) is 11.2. The molecule has 330 valence electrons. The Hall–Kier alpha value is -6.44. The predicted molar refractivity (Wildman–Crippen MR) is 242 cm³/mol. The second-order valence-electron chi connectivity index (χ2n) is 15.9. The van der Waals surface area contributed by atoms with Gasteiger partial charge in [0.25, 0.3) is 22.9 Å². The van der Waals surface area contributed by atoms with Crippen LogP contribution in [0, 0.1) is 12.7 Å². The number of nitrogens with one attached hydrogen (secondary N) is 4. The summed E-state index contributed by atoms with van der Waals surface area (Å²) in [6.07, 6.45) is 0.351. The highest BCUT2D eigenvalue weighted by molar-refractivity contribution is 7.18. The van der Waals surface area contributed by atoms with Crippen LogP contribution < -0.4 is 42.9 Å². The number of amides is 2. The van der Waals surface area contributed by atoms with Gasteiger partial charge >= 0.3 is 11.4 Å². The molecule has 0 atom stereocenters. The van der Waals surface area contributed by atoms with Gasteiger partial charge in [0.15, 0.2) is 0 Å². The summed E-state index contributed by atoms with van der Waals surface area (Å²) in [4.78, 5) is 96.4. The smallest absolute Gasteiger partial charge is 0.328 e. The van der Waals surface area contributed by atoms with E-state index in [1.54, 1.807) is 31.2 Å². The maximum atomic E-state index is 14.8. The normalized spacial score (nSPS) is 15.0. The van der Waals surface area contributed by atoms with Crippen molar-refractivity contribution < 1.29 is 14.0 Å². The Balaban J connectivity index is 0.798. The molecule has 0 radical (unpaired) electrons. The molecule has 4 N–H and O–H groups in total. The highest BCUT2D eigenvalue weighted by Gasteiger charge is 2.23. The largest absolute Gasteiger partial charge is 0.368 e. The maximum absolute atomic E-state index is 14.8. The van der Waals surface area contributed by atoms with Gasteiger partial charge < -0.3 is 30.4 Å². The van der Waals surface area contributed by atoms with Crippen molar-refractivity contribution in [2.45, 2.75) is 46.4 Å². The SMILES string of the molecule is CCn1c(=O)[nH]c2cc(CN3CCN(c4ccc(C(=O)NCCCn5c(=O)[nH]c6cc(CN7CCN(c8ccc(C(=O)NC)cc8F)CC7)ccc6c5=O)nc4C)CC3)sc2c1=O. The fourth-order valence-corrected chi connectivity index (χ4v) is 9.53. The maximum Gasteiger partial charge on any atom is 0.328 e. The van der Waals surface area contributed by atoms with Crippen molar-refractivity contribution >= 4 is 55.6 Å². The molecule has 2 aliphatic heterocycles. The van der Waals surface area contributed by atoms with Gasteiger partial charge in [-0.25, -0.2) is 19.0 Å². The number of rotatable bonds is 13. The Morgan fingerprint density at radius 3 is 2.11 bits per heavy atom. The number of aryl methyl sites for hydroxylation is 1. The molecule has 0 bridgehead atoms. The molecule has 17 nitrogen and oxygen atoms in total. The van der Waals surface area contributed by atoms with Gasteiger partial charge in [0.2, 0.25) is 0 Å². The molecule has 19 heteroatoms. The molecular formula is C44H50FN11O6S. The molecular weight excluding hydrogens is 830 g/mol. The lowest BCUT2D eigenvalue weighted by Crippen LogP contribution is -2.46. The number of thiophene rings is 1. The molecule has 2 aromatic carbocycles. The first kappa shape index (κ1) is 43.2. The van der Waals surface area contributed by atoms with Gasteiger partial charge in [0.1, 0.15) is 16.2 Å². The molecule has 0 unspecified atom stereocenters. The number of carbonyl (C=O) groups excluding carboxylic acids is 2. The van der Waals surface area contributed by atoms with E-state index >= 15 is 0 Å². The van der Waals surface area contributed by atoms with Crippen LogP contribution in [0.5, 0.6) is 0 Å². The van der Waals surface area contributed by atoms with Gasteiger partial charge in [0, 0.05) is 103 Å². The topological polar surface area (TPSA) is 194 Å². The lowest BCUT2D eigenvalue weighted by atomic mass is 10.1. The van der Waals surface area contributed by atoms with Crippen LogP contribution in [0.25, 0.3) is 21.1 Å². The Morgan fingerprint density at radius 1 is 0.762 bits per heavy atom. The van der Waals surface area contributed by atoms with E-state index < -0.39 is 22.8 Å². The average Bonchev–Trinajstić information content (AvgIpc) is 3.68. The number of hydrogen-bond acceptors (Lipinski definition) is 12. The molecule has 2 aliphatic rings. The third-order valence-electron chi connectivity index (χ3n) is 11.9. The van der Waals surface area contributed by atoms with Crippen molar-refractivity contribution in [3.8, 4) is 0 Å². The molecule has 6 aromatic rings. The van der Waals surface area contributed by atoms with Crippen LogP contribution in [0.2, 0.25) is 0 Å². The first-order valence-corrected chi connectivity index (χ1v) is 22.0. The van der Waals surface area contributed by atoms with E-state index in [1.165, 1.54) is 29.0 Å². The van der Waals surface area contributed by atoms with Crippen molar-refractivity contribution in [2.75, 3.05) is 75.8 Å². The first-order chi connectivity index (χ1) is 30.4. The number of halogens is 1. The molecule has 0 saturated carbocycles. The van der Waals surface area contributed by atoms with Gasteiger partial charge in [-0.3, -0.25) is 38.1 Å². The quantitative estimate of drug-likeness (QED) is 0.125. The number of pyridine rings is 1. The van der Waals surface area contributed by atoms with E-state index in [0.29, 0.717) is 79.0 Å². The number of anilines is 2. The summed E-state index contributed by atoms with van der Waals surface area (Å²) in [5, 5.41) is 5.76. The zero-order chi connectivity index (χ0) is 44.4. The summed E-state index contributed by atoms with van der Waals surface area (Å²) >= 11 is 1.42. The van der Waals surface area contributed by atoms with Crippen LogP contribution >= 0.6 is 11.3 Å². The molecule has 0 spiro atoms. The fourth-order valence-electron chi connectivity index (χ4n) is 8.42. The number of nitrogens with zero attached hydrogens (tertiary/aromatic N) is 7. The van der Waals surface area contributed by atoms with E-state index in [2.05, 4.69) is 40.3 Å². The van der Waals surface area contributed by atoms with Gasteiger partial charge in [-0.05, 0) is 74.4 Å². The second kappa shape index (κ2) is 18.5. The highest BCUT2D eigenvalue weighted by Crippen LogP contribution is 2.26. The van der Waals surface area contributed by atoms with Crippen molar-refractivity contribution in [2.24, 2.45) is 0 Å². The Morgan fingerprint density at radius 2 is 1.43 bits per heavy atom. The third kappa shape index (κ3) is 9.21. The minimum atomic E-state index is -0.525. The Labute approximate surface area is 364 Å². The fraction of sp³-hybridized carbons (Fsp3) is 0.386. The first-order valence-electron chi connectivity index (χ1n) is 21.1. The van der Waals surface area contributed by atoms with Crippen LogP contribution in [0.15, 0.2) is 73.8 Å². The number of piperazine rings is 2. The summed E-state index contributed by atoms with van der Waals surface area (Å²) in [5.74, 6) is -1.12. The monoisotopic (exact) mass is 879 g/mol. The summed E-state index contributed by atoms with van der Waals surface area (Å²) in [5.41, 5.74) is 3.08. The lowest BCUT2D eigenvalue weighted by molar-refractivity contribution is 0.0944. The number of H-pyrrole nitrogens is 2. The molecule has 2 fully saturated rings. The predicted octanol–water partition coefficient (Wildman–Crippen LogP) is 2.44. The van der Waals surface area contributed by atoms with Crippen molar-refractivity contribution in [3.63, 3.8) is 0 Å². The van der Waals surface area contributed by atoms with Gasteiger partial charge in [-0.2, -0.15) is 0 Å². The molecule has 4 aromatic heterocycles. The molecule has 63 heavy (non-hydrogen) atoms. The second-order valence-corrected chi connectivity index (χ2v) is 17.0. The molecule has 6 heterocycles. The van der Waals surface area contributed by atoms with Gasteiger partial charge in [-0.1, -0.05) is 6.07 Å². The van der Waals surface area contributed by atoms with E-state index in [-0.39, 0.29) is 41.7 Å². The van der Waals surface area contributed by atoms with Crippen LogP contribution in [0.4, 0.5) is 15.8 Å². The Bertz CT molecular complexity index is 2940. The van der Waals surface area contributed by atoms with E-state index in [0.717, 1.165) is 52.6 Å². The standard InChI is InChI=1S/C44H50FN11O6S/c1-4-55-42(60)38-35(50-43(55)61)24-30(63-38)26-52-16-18-53(19-17-52)36-11-9-33(48-27(36)2)40(58)47-12-5-13-56-41(59)31-8-6-28(22-34(31)49-44(56)62)25-51-14-20-54(21-15-51)37-10-7-29(23-32(37)45)39(57)46-3/h6-11,22-24H,4-5,12-21,25-26H2,1-3H3,(H,46,57)(H,47,58)(H,49,62)(H,50,61). The highest BCUT2D eigenvalue weighted by atomic mass is 32.1. The van der Waals surface area contributed by atoms with E-state index in [9.17, 15) is 33.2 Å². The molecule has 0 aliphatic carbocycles. The van der Waals surface area contributed by atoms with E-state index in [4.69, 9.17) is 0 Å². The van der Waals surface area contributed by atoms with E-state index in [1.807, 2.05) is 36.1 Å². The van der Waals surface area contributed by atoms with Crippen LogP contribution in [0.1, 0.15) is 50.3 Å². The van der Waals surface area contributed by atoms with Crippen LogP contribution in [-0.4, -0.2) is 112 Å². The van der Waals surface area contributed by atoms with Crippen molar-refractivity contribution in [3.05, 3.63) is 129 Å². The zero-order valence-electron chi connectivity index (χ0n) is 35.5. The van der Waals surface area contributed by atoms with Crippen LogP contribution in [0.3, 0.4) is 0 Å². The summed E-state index contributed by atoms with van der Waals surface area (Å²) in [7, 11) is 1.51.